The lowest BCUT2D eigenvalue weighted by Gasteiger charge is -2.33. The average molecular weight is 404 g/mol. The molecule has 0 saturated heterocycles. The van der Waals surface area contributed by atoms with Gasteiger partial charge < -0.3 is 15.1 Å². The number of rotatable bonds is 8. The summed E-state index contributed by atoms with van der Waals surface area (Å²) in [7, 11) is 0. The van der Waals surface area contributed by atoms with E-state index in [1.165, 1.54) is 11.1 Å². The van der Waals surface area contributed by atoms with Crippen LogP contribution in [-0.2, 0) is 0 Å². The van der Waals surface area contributed by atoms with E-state index < -0.39 is 0 Å². The fourth-order valence-electron chi connectivity index (χ4n) is 3.69. The van der Waals surface area contributed by atoms with Crippen LogP contribution in [0.5, 0.6) is 0 Å². The number of halogens is 1. The maximum atomic E-state index is 9.27. The molecule has 28 heavy (non-hydrogen) atoms. The Hall–Kier alpha value is -1.55. The van der Waals surface area contributed by atoms with E-state index in [4.69, 9.17) is 11.6 Å². The Labute approximate surface area is 175 Å². The Balaban J connectivity index is 2.21. The summed E-state index contributed by atoms with van der Waals surface area (Å²) in [5.74, 6) is 0.407. The van der Waals surface area contributed by atoms with Gasteiger partial charge in [0.25, 0.3) is 0 Å². The van der Waals surface area contributed by atoms with Crippen molar-refractivity contribution in [2.24, 2.45) is 5.41 Å². The molecule has 0 heterocycles. The van der Waals surface area contributed by atoms with E-state index in [0.29, 0.717) is 19.0 Å². The van der Waals surface area contributed by atoms with Gasteiger partial charge in [-0.1, -0.05) is 68.3 Å². The van der Waals surface area contributed by atoms with Gasteiger partial charge in [0.05, 0.1) is 13.2 Å². The van der Waals surface area contributed by atoms with Crippen molar-refractivity contribution in [2.75, 3.05) is 31.2 Å². The van der Waals surface area contributed by atoms with Gasteiger partial charge in [0.2, 0.25) is 0 Å². The molecule has 1 aromatic carbocycles. The molecule has 1 aliphatic carbocycles. The van der Waals surface area contributed by atoms with Crippen molar-refractivity contribution in [3.8, 4) is 0 Å². The summed E-state index contributed by atoms with van der Waals surface area (Å²) in [5.41, 5.74) is 3.94. The molecule has 0 aromatic heterocycles. The highest BCUT2D eigenvalue weighted by Crippen LogP contribution is 2.41. The molecule has 2 rings (SSSR count). The SMILES string of the molecule is CC(C)(C)C(C/C1=C/C/C=C(/Cl)C=CC1)c1ccc(N(CCO)CCO)cc1. The van der Waals surface area contributed by atoms with Gasteiger partial charge in [0.15, 0.2) is 0 Å². The van der Waals surface area contributed by atoms with Crippen molar-refractivity contribution in [2.45, 2.75) is 46.0 Å². The first kappa shape index (κ1) is 22.7. The van der Waals surface area contributed by atoms with Crippen LogP contribution in [0.4, 0.5) is 5.69 Å². The van der Waals surface area contributed by atoms with Crippen molar-refractivity contribution < 1.29 is 10.2 Å². The number of benzene rings is 1. The minimum absolute atomic E-state index is 0.0759. The molecule has 154 valence electrons. The highest BCUT2D eigenvalue weighted by Gasteiger charge is 2.27. The maximum absolute atomic E-state index is 9.27. The standard InChI is InChI=1S/C24H34ClNO2/c1-24(2,3)23(18-19-6-4-8-21(25)9-5-7-19)20-10-12-22(13-11-20)26(14-16-27)15-17-28/h4,7-13,23,27-28H,5-6,14-18H2,1-3H3/b8-4?,19-7+,21-9+. The van der Waals surface area contributed by atoms with E-state index in [1.54, 1.807) is 0 Å². The summed E-state index contributed by atoms with van der Waals surface area (Å²) >= 11 is 6.11. The molecule has 2 N–H and O–H groups in total. The average Bonchev–Trinajstić information content (AvgIpc) is 2.62. The number of hydrogen-bond acceptors (Lipinski definition) is 3. The van der Waals surface area contributed by atoms with Gasteiger partial charge in [-0.05, 0) is 54.4 Å². The molecular weight excluding hydrogens is 370 g/mol. The van der Waals surface area contributed by atoms with Crippen molar-refractivity contribution in [3.63, 3.8) is 0 Å². The van der Waals surface area contributed by atoms with Gasteiger partial charge in [0.1, 0.15) is 0 Å². The third kappa shape index (κ3) is 6.80. The van der Waals surface area contributed by atoms with Gasteiger partial charge in [-0.15, -0.1) is 0 Å². The summed E-state index contributed by atoms with van der Waals surface area (Å²) in [4.78, 5) is 2.01. The molecule has 0 radical (unpaired) electrons. The van der Waals surface area contributed by atoms with Crippen molar-refractivity contribution in [1.82, 2.24) is 0 Å². The van der Waals surface area contributed by atoms with Crippen molar-refractivity contribution in [3.05, 3.63) is 64.7 Å². The van der Waals surface area contributed by atoms with Crippen LogP contribution in [0.3, 0.4) is 0 Å². The Kier molecular flexibility index (Phi) is 8.81. The predicted molar refractivity (Wildman–Crippen MR) is 120 cm³/mol. The van der Waals surface area contributed by atoms with E-state index >= 15 is 0 Å². The fourth-order valence-corrected chi connectivity index (χ4v) is 3.87. The van der Waals surface area contributed by atoms with Crippen LogP contribution in [0.2, 0.25) is 0 Å². The van der Waals surface area contributed by atoms with Crippen LogP contribution in [0.1, 0.15) is 51.5 Å². The van der Waals surface area contributed by atoms with Gasteiger partial charge >= 0.3 is 0 Å². The van der Waals surface area contributed by atoms with Gasteiger partial charge in [0, 0.05) is 23.8 Å². The molecule has 0 fully saturated rings. The van der Waals surface area contributed by atoms with E-state index in [1.807, 2.05) is 11.0 Å². The second-order valence-electron chi connectivity index (χ2n) is 8.44. The summed E-state index contributed by atoms with van der Waals surface area (Å²) in [6.07, 6.45) is 11.3. The van der Waals surface area contributed by atoms with E-state index in [2.05, 4.69) is 63.3 Å². The molecule has 1 aromatic rings. The van der Waals surface area contributed by atoms with Crippen LogP contribution < -0.4 is 4.90 Å². The second kappa shape index (κ2) is 10.8. The maximum Gasteiger partial charge on any atom is 0.0606 e. The number of anilines is 1. The van der Waals surface area contributed by atoms with E-state index in [-0.39, 0.29) is 18.6 Å². The normalized spacial score (nSPS) is 19.8. The summed E-state index contributed by atoms with van der Waals surface area (Å²) < 4.78 is 0. The summed E-state index contributed by atoms with van der Waals surface area (Å²) in [6.45, 7) is 8.09. The zero-order chi connectivity index (χ0) is 20.6. The molecule has 0 amide bonds. The zero-order valence-electron chi connectivity index (χ0n) is 17.4. The van der Waals surface area contributed by atoms with Gasteiger partial charge in [-0.2, -0.15) is 0 Å². The van der Waals surface area contributed by atoms with Gasteiger partial charge in [-0.3, -0.25) is 0 Å². The first-order valence-electron chi connectivity index (χ1n) is 10.1. The molecule has 3 nitrogen and oxygen atoms in total. The molecule has 0 aliphatic heterocycles. The molecule has 0 saturated carbocycles. The van der Waals surface area contributed by atoms with E-state index in [0.717, 1.165) is 30.0 Å². The molecule has 1 unspecified atom stereocenters. The molecule has 1 aliphatic rings. The third-order valence-electron chi connectivity index (χ3n) is 5.29. The van der Waals surface area contributed by atoms with Crippen LogP contribution in [-0.4, -0.2) is 36.5 Å². The molecule has 4 heteroatoms. The summed E-state index contributed by atoms with van der Waals surface area (Å²) in [5, 5.41) is 19.4. The van der Waals surface area contributed by atoms with Crippen molar-refractivity contribution >= 4 is 17.3 Å². The second-order valence-corrected chi connectivity index (χ2v) is 8.88. The lowest BCUT2D eigenvalue weighted by atomic mass is 9.72. The largest absolute Gasteiger partial charge is 0.395 e. The summed E-state index contributed by atoms with van der Waals surface area (Å²) in [6, 6.07) is 8.61. The number of allylic oxidation sites excluding steroid dienone is 6. The minimum atomic E-state index is 0.0759. The highest BCUT2D eigenvalue weighted by atomic mass is 35.5. The number of hydrogen-bond donors (Lipinski definition) is 2. The van der Waals surface area contributed by atoms with E-state index in [9.17, 15) is 10.2 Å². The first-order chi connectivity index (χ1) is 13.3. The quantitative estimate of drug-likeness (QED) is 0.571. The van der Waals surface area contributed by atoms with Crippen LogP contribution in [0, 0.1) is 5.41 Å². The Bertz CT molecular complexity index is 692. The molecule has 0 bridgehead atoms. The molecular formula is C24H34ClNO2. The zero-order valence-corrected chi connectivity index (χ0v) is 18.1. The lowest BCUT2D eigenvalue weighted by Crippen LogP contribution is -2.29. The van der Waals surface area contributed by atoms with Crippen LogP contribution in [0.25, 0.3) is 0 Å². The van der Waals surface area contributed by atoms with Crippen LogP contribution >= 0.6 is 11.6 Å². The number of aliphatic hydroxyl groups excluding tert-OH is 2. The Morgan fingerprint density at radius 3 is 2.25 bits per heavy atom. The Morgan fingerprint density at radius 2 is 1.68 bits per heavy atom. The molecule has 0 spiro atoms. The van der Waals surface area contributed by atoms with Crippen LogP contribution in [0.15, 0.2) is 59.2 Å². The van der Waals surface area contributed by atoms with Gasteiger partial charge in [-0.25, -0.2) is 0 Å². The topological polar surface area (TPSA) is 43.7 Å². The minimum Gasteiger partial charge on any atom is -0.395 e. The van der Waals surface area contributed by atoms with Crippen molar-refractivity contribution in [1.29, 1.82) is 0 Å². The number of nitrogens with zero attached hydrogens (tertiary/aromatic N) is 1. The lowest BCUT2D eigenvalue weighted by molar-refractivity contribution is 0.281. The third-order valence-corrected chi connectivity index (χ3v) is 5.57. The Morgan fingerprint density at radius 1 is 1.04 bits per heavy atom. The monoisotopic (exact) mass is 403 g/mol. The smallest absolute Gasteiger partial charge is 0.0606 e. The number of aliphatic hydroxyl groups is 2. The first-order valence-corrected chi connectivity index (χ1v) is 10.5. The molecule has 1 atom stereocenters. The fraction of sp³-hybridized carbons (Fsp3) is 0.500. The predicted octanol–water partition coefficient (Wildman–Crippen LogP) is 5.40. The highest BCUT2D eigenvalue weighted by molar-refractivity contribution is 6.31.